The van der Waals surface area contributed by atoms with Gasteiger partial charge in [0.1, 0.15) is 11.6 Å². The lowest BCUT2D eigenvalue weighted by atomic mass is 9.99. The van der Waals surface area contributed by atoms with Gasteiger partial charge in [0.15, 0.2) is 5.96 Å². The molecule has 6 heteroatoms. The maximum atomic E-state index is 4.53. The number of rotatable bonds is 6. The van der Waals surface area contributed by atoms with Gasteiger partial charge in [-0.2, -0.15) is 0 Å². The summed E-state index contributed by atoms with van der Waals surface area (Å²) in [5.41, 5.74) is 3.71. The predicted octanol–water partition coefficient (Wildman–Crippen LogP) is 3.35. The minimum absolute atomic E-state index is 0.401. The second-order valence-corrected chi connectivity index (χ2v) is 6.99. The van der Waals surface area contributed by atoms with Gasteiger partial charge in [0.05, 0.1) is 0 Å². The van der Waals surface area contributed by atoms with Gasteiger partial charge < -0.3 is 10.6 Å². The molecule has 2 heterocycles. The van der Waals surface area contributed by atoms with E-state index >= 15 is 0 Å². The minimum Gasteiger partial charge on any atom is -0.356 e. The van der Waals surface area contributed by atoms with Crippen molar-refractivity contribution >= 4 is 5.96 Å². The van der Waals surface area contributed by atoms with E-state index in [1.807, 2.05) is 30.0 Å². The van der Waals surface area contributed by atoms with Gasteiger partial charge in [-0.1, -0.05) is 42.8 Å². The Morgan fingerprint density at radius 1 is 1.14 bits per heavy atom. The lowest BCUT2D eigenvalue weighted by Crippen LogP contribution is -2.38. The number of nitrogens with one attached hydrogen (secondary N) is 2. The number of imidazole rings is 1. The van der Waals surface area contributed by atoms with E-state index in [4.69, 9.17) is 0 Å². The lowest BCUT2D eigenvalue weighted by molar-refractivity contribution is 0.698. The van der Waals surface area contributed by atoms with Gasteiger partial charge in [0.25, 0.3) is 0 Å². The van der Waals surface area contributed by atoms with E-state index in [9.17, 15) is 0 Å². The molecule has 2 N–H and O–H groups in total. The molecule has 6 nitrogen and oxygen atoms in total. The highest BCUT2D eigenvalue weighted by molar-refractivity contribution is 5.79. The Morgan fingerprint density at radius 2 is 2.00 bits per heavy atom. The second-order valence-electron chi connectivity index (χ2n) is 6.99. The van der Waals surface area contributed by atoms with Gasteiger partial charge in [-0.3, -0.25) is 9.56 Å². The number of benzene rings is 1. The fourth-order valence-corrected chi connectivity index (χ4v) is 3.03. The van der Waals surface area contributed by atoms with Crippen LogP contribution in [-0.4, -0.2) is 34.1 Å². The van der Waals surface area contributed by atoms with Crippen molar-refractivity contribution in [3.63, 3.8) is 0 Å². The van der Waals surface area contributed by atoms with Crippen molar-refractivity contribution in [2.45, 2.75) is 33.2 Å². The predicted molar refractivity (Wildman–Crippen MR) is 114 cm³/mol. The number of nitrogens with zero attached hydrogens (tertiary/aromatic N) is 4. The van der Waals surface area contributed by atoms with Crippen LogP contribution in [0.5, 0.6) is 0 Å². The number of aliphatic imine (C=N–C) groups is 1. The van der Waals surface area contributed by atoms with Crippen LogP contribution in [0.2, 0.25) is 0 Å². The van der Waals surface area contributed by atoms with E-state index in [0.29, 0.717) is 12.5 Å². The maximum Gasteiger partial charge on any atom is 0.191 e. The van der Waals surface area contributed by atoms with Gasteiger partial charge in [-0.25, -0.2) is 9.97 Å². The smallest absolute Gasteiger partial charge is 0.191 e. The summed E-state index contributed by atoms with van der Waals surface area (Å²) in [5, 5.41) is 6.75. The molecule has 1 aromatic carbocycles. The number of aryl methyl sites for hydroxylation is 2. The molecule has 2 aromatic heterocycles. The fraction of sp³-hybridized carbons (Fsp3) is 0.318. The van der Waals surface area contributed by atoms with Gasteiger partial charge >= 0.3 is 0 Å². The Balaban J connectivity index is 1.52. The van der Waals surface area contributed by atoms with Gasteiger partial charge in [-0.05, 0) is 37.0 Å². The zero-order valence-electron chi connectivity index (χ0n) is 17.0. The summed E-state index contributed by atoms with van der Waals surface area (Å²) in [5.74, 6) is 2.98. The highest BCUT2D eigenvalue weighted by Crippen LogP contribution is 2.15. The normalized spacial score (nSPS) is 12.6. The summed E-state index contributed by atoms with van der Waals surface area (Å²) in [4.78, 5) is 13.1. The zero-order valence-corrected chi connectivity index (χ0v) is 17.0. The molecule has 0 bridgehead atoms. The molecule has 0 spiro atoms. The number of pyridine rings is 1. The summed E-state index contributed by atoms with van der Waals surface area (Å²) in [7, 11) is 1.79. The Kier molecular flexibility index (Phi) is 6.42. The molecule has 3 aromatic rings. The van der Waals surface area contributed by atoms with Crippen LogP contribution in [0.25, 0.3) is 5.82 Å². The van der Waals surface area contributed by atoms with E-state index < -0.39 is 0 Å². The van der Waals surface area contributed by atoms with Crippen molar-refractivity contribution in [2.75, 3.05) is 13.6 Å². The van der Waals surface area contributed by atoms with E-state index in [2.05, 4.69) is 69.8 Å². The van der Waals surface area contributed by atoms with Crippen molar-refractivity contribution < 1.29 is 0 Å². The van der Waals surface area contributed by atoms with E-state index in [1.54, 1.807) is 13.2 Å². The standard InChI is InChI=1S/C22H28N6/c1-16-6-5-7-20(12-16)17(2)13-26-22(23-4)27-15-19-8-9-21(25-14-19)28-11-10-24-18(28)3/h5-12,14,17H,13,15H2,1-4H3,(H2,23,26,27). The van der Waals surface area contributed by atoms with E-state index in [0.717, 1.165) is 29.7 Å². The Morgan fingerprint density at radius 3 is 2.64 bits per heavy atom. The number of hydrogen-bond acceptors (Lipinski definition) is 3. The van der Waals surface area contributed by atoms with Gasteiger partial charge in [0, 0.05) is 38.7 Å². The molecule has 0 fully saturated rings. The molecule has 0 saturated carbocycles. The Hall–Kier alpha value is -3.15. The molecule has 0 aliphatic heterocycles. The van der Waals surface area contributed by atoms with Gasteiger partial charge in [0.2, 0.25) is 0 Å². The summed E-state index contributed by atoms with van der Waals surface area (Å²) in [6.07, 6.45) is 5.57. The fourth-order valence-electron chi connectivity index (χ4n) is 3.03. The van der Waals surface area contributed by atoms with Crippen LogP contribution < -0.4 is 10.6 Å². The van der Waals surface area contributed by atoms with Crippen LogP contribution in [0.3, 0.4) is 0 Å². The molecule has 1 unspecified atom stereocenters. The first kappa shape index (κ1) is 19.6. The quantitative estimate of drug-likeness (QED) is 0.511. The first-order valence-electron chi connectivity index (χ1n) is 9.53. The minimum atomic E-state index is 0.401. The molecule has 0 saturated heterocycles. The van der Waals surface area contributed by atoms with Crippen molar-refractivity contribution in [3.8, 4) is 5.82 Å². The zero-order chi connectivity index (χ0) is 19.9. The third kappa shape index (κ3) is 4.97. The SMILES string of the molecule is CN=C(NCc1ccc(-n2ccnc2C)nc1)NCC(C)c1cccc(C)c1. The molecule has 0 radical (unpaired) electrons. The van der Waals surface area contributed by atoms with Crippen LogP contribution in [0.4, 0.5) is 0 Å². The average molecular weight is 377 g/mol. The first-order valence-corrected chi connectivity index (χ1v) is 9.53. The van der Waals surface area contributed by atoms with Crippen molar-refractivity contribution in [3.05, 3.63) is 77.5 Å². The summed E-state index contributed by atoms with van der Waals surface area (Å²) in [6.45, 7) is 7.78. The molecule has 0 aliphatic carbocycles. The lowest BCUT2D eigenvalue weighted by Gasteiger charge is -2.17. The second kappa shape index (κ2) is 9.17. The highest BCUT2D eigenvalue weighted by atomic mass is 15.2. The van der Waals surface area contributed by atoms with Crippen LogP contribution in [-0.2, 0) is 6.54 Å². The van der Waals surface area contributed by atoms with E-state index in [-0.39, 0.29) is 0 Å². The highest BCUT2D eigenvalue weighted by Gasteiger charge is 2.07. The van der Waals surface area contributed by atoms with Crippen molar-refractivity contribution in [2.24, 2.45) is 4.99 Å². The monoisotopic (exact) mass is 376 g/mol. The largest absolute Gasteiger partial charge is 0.356 e. The molecular weight excluding hydrogens is 348 g/mol. The molecule has 146 valence electrons. The molecule has 3 rings (SSSR count). The van der Waals surface area contributed by atoms with Crippen molar-refractivity contribution in [1.82, 2.24) is 25.2 Å². The summed E-state index contributed by atoms with van der Waals surface area (Å²) >= 11 is 0. The maximum absolute atomic E-state index is 4.53. The van der Waals surface area contributed by atoms with Crippen LogP contribution in [0, 0.1) is 13.8 Å². The van der Waals surface area contributed by atoms with E-state index in [1.165, 1.54) is 11.1 Å². The number of guanidine groups is 1. The molecule has 1 atom stereocenters. The average Bonchev–Trinajstić information content (AvgIpc) is 3.14. The third-order valence-corrected chi connectivity index (χ3v) is 4.75. The number of aromatic nitrogens is 3. The van der Waals surface area contributed by atoms with Crippen LogP contribution >= 0.6 is 0 Å². The van der Waals surface area contributed by atoms with Crippen LogP contribution in [0.1, 0.15) is 35.4 Å². The number of hydrogen-bond donors (Lipinski definition) is 2. The first-order chi connectivity index (χ1) is 13.6. The Bertz CT molecular complexity index is 926. The molecular formula is C22H28N6. The summed E-state index contributed by atoms with van der Waals surface area (Å²) < 4.78 is 1.96. The summed E-state index contributed by atoms with van der Waals surface area (Å²) in [6, 6.07) is 12.7. The van der Waals surface area contributed by atoms with Crippen LogP contribution in [0.15, 0.2) is 60.0 Å². The molecule has 0 amide bonds. The molecule has 28 heavy (non-hydrogen) atoms. The Labute approximate surface area is 166 Å². The van der Waals surface area contributed by atoms with Crippen molar-refractivity contribution in [1.29, 1.82) is 0 Å². The molecule has 0 aliphatic rings. The topological polar surface area (TPSA) is 67.1 Å². The third-order valence-electron chi connectivity index (χ3n) is 4.75. The van der Waals surface area contributed by atoms with Gasteiger partial charge in [-0.15, -0.1) is 0 Å².